The third-order valence-electron chi connectivity index (χ3n) is 2.49. The van der Waals surface area contributed by atoms with Crippen molar-refractivity contribution >= 4 is 23.5 Å². The second-order valence-corrected chi connectivity index (χ2v) is 4.58. The van der Waals surface area contributed by atoms with Gasteiger partial charge < -0.3 is 10.1 Å². The van der Waals surface area contributed by atoms with Crippen molar-refractivity contribution in [3.05, 3.63) is 16.9 Å². The molecule has 100 valence electrons. The molecule has 1 aromatic heterocycles. The molecule has 0 aliphatic rings. The standard InChI is InChI=1S/C11H16ClN3O3/c1-6(2)9(11(17)18-4)13-10(16)7-5-8(12)14-15(7)3/h5-6,9H,1-4H3,(H,13,16)/t9-/m0/s1. The fourth-order valence-corrected chi connectivity index (χ4v) is 1.70. The number of carbonyl (C=O) groups excluding carboxylic acids is 2. The zero-order chi connectivity index (χ0) is 13.9. The normalized spacial score (nSPS) is 12.3. The average Bonchev–Trinajstić information content (AvgIpc) is 2.63. The Bertz CT molecular complexity index is 456. The number of hydrogen-bond acceptors (Lipinski definition) is 4. The molecule has 0 unspecified atom stereocenters. The van der Waals surface area contributed by atoms with Crippen LogP contribution in [-0.2, 0) is 16.6 Å². The van der Waals surface area contributed by atoms with Gasteiger partial charge in [0.25, 0.3) is 5.91 Å². The number of hydrogen-bond donors (Lipinski definition) is 1. The minimum Gasteiger partial charge on any atom is -0.467 e. The summed E-state index contributed by atoms with van der Waals surface area (Å²) < 4.78 is 6.00. The largest absolute Gasteiger partial charge is 0.467 e. The number of esters is 1. The molecule has 18 heavy (non-hydrogen) atoms. The van der Waals surface area contributed by atoms with E-state index in [2.05, 4.69) is 15.2 Å². The third-order valence-corrected chi connectivity index (χ3v) is 2.68. The first kappa shape index (κ1) is 14.5. The summed E-state index contributed by atoms with van der Waals surface area (Å²) in [6.07, 6.45) is 0. The molecular formula is C11H16ClN3O3. The highest BCUT2D eigenvalue weighted by Crippen LogP contribution is 2.10. The van der Waals surface area contributed by atoms with Crippen LogP contribution in [0.2, 0.25) is 5.15 Å². The maximum atomic E-state index is 12.0. The highest BCUT2D eigenvalue weighted by molar-refractivity contribution is 6.29. The van der Waals surface area contributed by atoms with Crippen molar-refractivity contribution in [3.8, 4) is 0 Å². The molecule has 0 saturated carbocycles. The molecular weight excluding hydrogens is 258 g/mol. The summed E-state index contributed by atoms with van der Waals surface area (Å²) in [6.45, 7) is 3.64. The molecule has 0 bridgehead atoms. The van der Waals surface area contributed by atoms with E-state index in [0.717, 1.165) is 0 Å². The number of methoxy groups -OCH3 is 1. The molecule has 1 N–H and O–H groups in total. The van der Waals surface area contributed by atoms with E-state index in [0.29, 0.717) is 0 Å². The second kappa shape index (κ2) is 5.86. The molecule has 0 aromatic carbocycles. The van der Waals surface area contributed by atoms with E-state index in [1.165, 1.54) is 17.9 Å². The van der Waals surface area contributed by atoms with E-state index in [1.807, 2.05) is 13.8 Å². The molecule has 0 fully saturated rings. The Morgan fingerprint density at radius 1 is 1.50 bits per heavy atom. The number of aryl methyl sites for hydroxylation is 1. The summed E-state index contributed by atoms with van der Waals surface area (Å²) in [7, 11) is 2.88. The molecule has 1 heterocycles. The molecule has 0 radical (unpaired) electrons. The number of halogens is 1. The monoisotopic (exact) mass is 273 g/mol. The average molecular weight is 274 g/mol. The number of aromatic nitrogens is 2. The van der Waals surface area contributed by atoms with Crippen LogP contribution in [0, 0.1) is 5.92 Å². The quantitative estimate of drug-likeness (QED) is 0.831. The summed E-state index contributed by atoms with van der Waals surface area (Å²) >= 11 is 5.70. The van der Waals surface area contributed by atoms with Crippen molar-refractivity contribution < 1.29 is 14.3 Å². The van der Waals surface area contributed by atoms with Crippen LogP contribution < -0.4 is 5.32 Å². The topological polar surface area (TPSA) is 73.2 Å². The molecule has 1 amide bonds. The SMILES string of the molecule is COC(=O)[C@@H](NC(=O)c1cc(Cl)nn1C)C(C)C. The lowest BCUT2D eigenvalue weighted by atomic mass is 10.0. The lowest BCUT2D eigenvalue weighted by Crippen LogP contribution is -2.45. The van der Waals surface area contributed by atoms with E-state index in [1.54, 1.807) is 7.05 Å². The van der Waals surface area contributed by atoms with Gasteiger partial charge in [-0.3, -0.25) is 9.48 Å². The number of ether oxygens (including phenoxy) is 1. The highest BCUT2D eigenvalue weighted by Gasteiger charge is 2.26. The highest BCUT2D eigenvalue weighted by atomic mass is 35.5. The Hall–Kier alpha value is -1.56. The molecule has 1 atom stereocenters. The first-order valence-corrected chi connectivity index (χ1v) is 5.82. The Balaban J connectivity index is 2.85. The van der Waals surface area contributed by atoms with Crippen molar-refractivity contribution in [1.29, 1.82) is 0 Å². The molecule has 0 spiro atoms. The van der Waals surface area contributed by atoms with Gasteiger partial charge in [0.15, 0.2) is 5.15 Å². The predicted molar refractivity (Wildman–Crippen MR) is 66.3 cm³/mol. The number of amides is 1. The Kier molecular flexibility index (Phi) is 4.72. The molecule has 0 aliphatic carbocycles. The van der Waals surface area contributed by atoms with Gasteiger partial charge in [-0.15, -0.1) is 0 Å². The summed E-state index contributed by atoms with van der Waals surface area (Å²) in [6, 6.07) is 0.738. The fourth-order valence-electron chi connectivity index (χ4n) is 1.48. The molecule has 0 aliphatic heterocycles. The van der Waals surface area contributed by atoms with Gasteiger partial charge in [0.2, 0.25) is 0 Å². The number of nitrogens with zero attached hydrogens (tertiary/aromatic N) is 2. The fraction of sp³-hybridized carbons (Fsp3) is 0.545. The van der Waals surface area contributed by atoms with Gasteiger partial charge in [0, 0.05) is 13.1 Å². The Labute approximate surface area is 110 Å². The Morgan fingerprint density at radius 2 is 2.11 bits per heavy atom. The maximum absolute atomic E-state index is 12.0. The lowest BCUT2D eigenvalue weighted by molar-refractivity contribution is -0.144. The number of rotatable bonds is 4. The van der Waals surface area contributed by atoms with Gasteiger partial charge in [0.1, 0.15) is 11.7 Å². The third kappa shape index (κ3) is 3.22. The molecule has 6 nitrogen and oxygen atoms in total. The first-order valence-electron chi connectivity index (χ1n) is 5.45. The van der Waals surface area contributed by atoms with Crippen LogP contribution in [0.15, 0.2) is 6.07 Å². The smallest absolute Gasteiger partial charge is 0.328 e. The predicted octanol–water partition coefficient (Wildman–Crippen LogP) is 1.00. The molecule has 0 saturated heterocycles. The van der Waals surface area contributed by atoms with Crippen LogP contribution >= 0.6 is 11.6 Å². The van der Waals surface area contributed by atoms with Crippen LogP contribution in [0.5, 0.6) is 0 Å². The van der Waals surface area contributed by atoms with E-state index >= 15 is 0 Å². The second-order valence-electron chi connectivity index (χ2n) is 4.19. The van der Waals surface area contributed by atoms with Gasteiger partial charge in [-0.1, -0.05) is 25.4 Å². The summed E-state index contributed by atoms with van der Waals surface area (Å²) in [5, 5.41) is 6.68. The summed E-state index contributed by atoms with van der Waals surface area (Å²) in [4.78, 5) is 23.5. The number of carbonyl (C=O) groups is 2. The van der Waals surface area contributed by atoms with Crippen LogP contribution in [-0.4, -0.2) is 34.8 Å². The van der Waals surface area contributed by atoms with E-state index < -0.39 is 17.9 Å². The van der Waals surface area contributed by atoms with Crippen molar-refractivity contribution in [2.45, 2.75) is 19.9 Å². The zero-order valence-electron chi connectivity index (χ0n) is 10.7. The Morgan fingerprint density at radius 3 is 2.50 bits per heavy atom. The molecule has 7 heteroatoms. The van der Waals surface area contributed by atoms with Crippen LogP contribution in [0.3, 0.4) is 0 Å². The van der Waals surface area contributed by atoms with Crippen LogP contribution in [0.1, 0.15) is 24.3 Å². The van der Waals surface area contributed by atoms with Gasteiger partial charge in [-0.25, -0.2) is 4.79 Å². The lowest BCUT2D eigenvalue weighted by Gasteiger charge is -2.19. The van der Waals surface area contributed by atoms with Crippen molar-refractivity contribution in [2.75, 3.05) is 7.11 Å². The van der Waals surface area contributed by atoms with Gasteiger partial charge in [-0.05, 0) is 5.92 Å². The maximum Gasteiger partial charge on any atom is 0.328 e. The van der Waals surface area contributed by atoms with Gasteiger partial charge in [0.05, 0.1) is 7.11 Å². The summed E-state index contributed by atoms with van der Waals surface area (Å²) in [5.41, 5.74) is 0.287. The van der Waals surface area contributed by atoms with Crippen molar-refractivity contribution in [1.82, 2.24) is 15.1 Å². The van der Waals surface area contributed by atoms with Gasteiger partial charge in [-0.2, -0.15) is 5.10 Å². The summed E-state index contributed by atoms with van der Waals surface area (Å²) in [5.74, 6) is -0.974. The minimum absolute atomic E-state index is 0.0786. The van der Waals surface area contributed by atoms with E-state index in [9.17, 15) is 9.59 Å². The minimum atomic E-state index is -0.698. The molecule has 1 rings (SSSR count). The van der Waals surface area contributed by atoms with Crippen molar-refractivity contribution in [2.24, 2.45) is 13.0 Å². The van der Waals surface area contributed by atoms with Crippen LogP contribution in [0.25, 0.3) is 0 Å². The molecule has 1 aromatic rings. The van der Waals surface area contributed by atoms with E-state index in [-0.39, 0.29) is 16.8 Å². The zero-order valence-corrected chi connectivity index (χ0v) is 11.5. The van der Waals surface area contributed by atoms with Crippen LogP contribution in [0.4, 0.5) is 0 Å². The first-order chi connectivity index (χ1) is 8.36. The van der Waals surface area contributed by atoms with Gasteiger partial charge >= 0.3 is 5.97 Å². The number of nitrogens with one attached hydrogen (secondary N) is 1. The van der Waals surface area contributed by atoms with Crippen molar-refractivity contribution in [3.63, 3.8) is 0 Å². The van der Waals surface area contributed by atoms with E-state index in [4.69, 9.17) is 11.6 Å².